The van der Waals surface area contributed by atoms with Gasteiger partial charge in [0.25, 0.3) is 5.91 Å². The molecule has 1 aromatic heterocycles. The van der Waals surface area contributed by atoms with Gasteiger partial charge in [0.05, 0.1) is 20.3 Å². The van der Waals surface area contributed by atoms with Crippen LogP contribution in [0.4, 0.5) is 0 Å². The van der Waals surface area contributed by atoms with Crippen molar-refractivity contribution in [3.63, 3.8) is 0 Å². The van der Waals surface area contributed by atoms with E-state index in [0.717, 1.165) is 22.3 Å². The van der Waals surface area contributed by atoms with E-state index in [1.54, 1.807) is 44.8 Å². The molecule has 1 amide bonds. The molecule has 1 N–H and O–H groups in total. The van der Waals surface area contributed by atoms with E-state index in [1.807, 2.05) is 26.0 Å². The first kappa shape index (κ1) is 19.4. The fourth-order valence-electron chi connectivity index (χ4n) is 3.11. The molecule has 144 valence electrons. The minimum atomic E-state index is -0.321. The van der Waals surface area contributed by atoms with Crippen molar-refractivity contribution in [3.8, 4) is 11.5 Å². The number of hydrogen-bond acceptors (Lipinski definition) is 4. The van der Waals surface area contributed by atoms with Crippen molar-refractivity contribution in [2.24, 2.45) is 0 Å². The number of carbonyl (C=O) groups excluding carboxylic acids is 1. The minimum Gasteiger partial charge on any atom is -0.497 e. The van der Waals surface area contributed by atoms with Gasteiger partial charge in [-0.3, -0.25) is 9.78 Å². The Balaban J connectivity index is 2.01. The van der Waals surface area contributed by atoms with Crippen LogP contribution in [0.2, 0.25) is 0 Å². The number of nitrogens with zero attached hydrogens (tertiary/aromatic N) is 1. The number of carbonyl (C=O) groups is 1. The Morgan fingerprint density at radius 2 is 1.71 bits per heavy atom. The molecule has 1 atom stereocenters. The molecule has 0 fully saturated rings. The van der Waals surface area contributed by atoms with Crippen molar-refractivity contribution >= 4 is 5.91 Å². The highest BCUT2D eigenvalue weighted by molar-refractivity contribution is 5.95. The molecule has 0 aliphatic rings. The predicted octanol–water partition coefficient (Wildman–Crippen LogP) is 4.24. The van der Waals surface area contributed by atoms with Gasteiger partial charge in [-0.25, -0.2) is 0 Å². The van der Waals surface area contributed by atoms with Crippen LogP contribution in [0.25, 0.3) is 0 Å². The molecule has 5 heteroatoms. The van der Waals surface area contributed by atoms with E-state index in [9.17, 15) is 4.79 Å². The molecule has 0 spiro atoms. The molecule has 0 unspecified atom stereocenters. The standard InChI is InChI=1S/C23H24N2O3/c1-15-7-8-16(2)21(10-15)22(17-6-5-9-24-14-17)25-23(26)18-11-19(27-3)13-20(12-18)28-4/h5-14,22H,1-4H3,(H,25,26)/t22-/m1/s1. The SMILES string of the molecule is COc1cc(OC)cc(C(=O)N[C@H](c2cccnc2)c2cc(C)ccc2C)c1. The second kappa shape index (κ2) is 8.57. The molecule has 3 aromatic rings. The van der Waals surface area contributed by atoms with Gasteiger partial charge in [0.15, 0.2) is 0 Å². The maximum atomic E-state index is 13.1. The van der Waals surface area contributed by atoms with Gasteiger partial charge in [-0.1, -0.05) is 29.8 Å². The first-order valence-electron chi connectivity index (χ1n) is 9.03. The Hall–Kier alpha value is -3.34. The number of aromatic nitrogens is 1. The summed E-state index contributed by atoms with van der Waals surface area (Å²) in [5.41, 5.74) is 4.65. The second-order valence-electron chi connectivity index (χ2n) is 6.65. The number of amides is 1. The quantitative estimate of drug-likeness (QED) is 0.699. The van der Waals surface area contributed by atoms with E-state index in [0.29, 0.717) is 17.1 Å². The summed E-state index contributed by atoms with van der Waals surface area (Å²) in [5.74, 6) is 0.912. The fraction of sp³-hybridized carbons (Fsp3) is 0.217. The Kier molecular flexibility index (Phi) is 5.94. The third-order valence-corrected chi connectivity index (χ3v) is 4.65. The van der Waals surface area contributed by atoms with Crippen molar-refractivity contribution in [2.45, 2.75) is 19.9 Å². The summed E-state index contributed by atoms with van der Waals surface area (Å²) in [4.78, 5) is 17.3. The lowest BCUT2D eigenvalue weighted by Gasteiger charge is -2.22. The van der Waals surface area contributed by atoms with Crippen molar-refractivity contribution in [3.05, 3.63) is 88.7 Å². The van der Waals surface area contributed by atoms with Gasteiger partial charge in [0.1, 0.15) is 11.5 Å². The highest BCUT2D eigenvalue weighted by Gasteiger charge is 2.21. The first-order chi connectivity index (χ1) is 13.5. The van der Waals surface area contributed by atoms with Crippen LogP contribution in [0, 0.1) is 13.8 Å². The van der Waals surface area contributed by atoms with Crippen LogP contribution in [-0.4, -0.2) is 25.1 Å². The summed E-state index contributed by atoms with van der Waals surface area (Å²) in [6.45, 7) is 4.08. The van der Waals surface area contributed by atoms with E-state index in [2.05, 4.69) is 28.5 Å². The van der Waals surface area contributed by atoms with E-state index in [-0.39, 0.29) is 11.9 Å². The van der Waals surface area contributed by atoms with Crippen LogP contribution in [0.15, 0.2) is 60.9 Å². The third kappa shape index (κ3) is 4.31. The normalized spacial score (nSPS) is 11.6. The van der Waals surface area contributed by atoms with Crippen molar-refractivity contribution < 1.29 is 14.3 Å². The van der Waals surface area contributed by atoms with E-state index < -0.39 is 0 Å². The molecule has 2 aromatic carbocycles. The zero-order valence-electron chi connectivity index (χ0n) is 16.5. The number of hydrogen-bond donors (Lipinski definition) is 1. The fourth-order valence-corrected chi connectivity index (χ4v) is 3.11. The molecule has 28 heavy (non-hydrogen) atoms. The molecule has 3 rings (SSSR count). The molecule has 0 radical (unpaired) electrons. The van der Waals surface area contributed by atoms with Gasteiger partial charge in [-0.15, -0.1) is 0 Å². The number of ether oxygens (including phenoxy) is 2. The maximum Gasteiger partial charge on any atom is 0.252 e. The highest BCUT2D eigenvalue weighted by atomic mass is 16.5. The molecule has 1 heterocycles. The van der Waals surface area contributed by atoms with Crippen LogP contribution >= 0.6 is 0 Å². The molecule has 5 nitrogen and oxygen atoms in total. The van der Waals surface area contributed by atoms with Gasteiger partial charge >= 0.3 is 0 Å². The number of rotatable bonds is 6. The molecular weight excluding hydrogens is 352 g/mol. The van der Waals surface area contributed by atoms with Crippen LogP contribution in [-0.2, 0) is 0 Å². The highest BCUT2D eigenvalue weighted by Crippen LogP contribution is 2.27. The van der Waals surface area contributed by atoms with Gasteiger partial charge in [0, 0.05) is 24.0 Å². The van der Waals surface area contributed by atoms with Crippen molar-refractivity contribution in [2.75, 3.05) is 14.2 Å². The lowest BCUT2D eigenvalue weighted by Crippen LogP contribution is -2.30. The third-order valence-electron chi connectivity index (χ3n) is 4.65. The lowest BCUT2D eigenvalue weighted by molar-refractivity contribution is 0.0942. The minimum absolute atomic E-state index is 0.216. The number of nitrogens with one attached hydrogen (secondary N) is 1. The van der Waals surface area contributed by atoms with Crippen LogP contribution < -0.4 is 14.8 Å². The Morgan fingerprint density at radius 1 is 1.00 bits per heavy atom. The van der Waals surface area contributed by atoms with Crippen LogP contribution in [0.1, 0.15) is 38.7 Å². The van der Waals surface area contributed by atoms with Crippen LogP contribution in [0.3, 0.4) is 0 Å². The average Bonchev–Trinajstić information content (AvgIpc) is 2.73. The largest absolute Gasteiger partial charge is 0.497 e. The number of aryl methyl sites for hydroxylation is 2. The first-order valence-corrected chi connectivity index (χ1v) is 9.03. The summed E-state index contributed by atoms with van der Waals surface area (Å²) >= 11 is 0. The van der Waals surface area contributed by atoms with E-state index >= 15 is 0 Å². The average molecular weight is 376 g/mol. The summed E-state index contributed by atoms with van der Waals surface area (Å²) in [6, 6.07) is 14.9. The molecular formula is C23H24N2O3. The van der Waals surface area contributed by atoms with Crippen molar-refractivity contribution in [1.29, 1.82) is 0 Å². The summed E-state index contributed by atoms with van der Waals surface area (Å²) in [6.07, 6.45) is 3.50. The maximum absolute atomic E-state index is 13.1. The molecule has 0 saturated carbocycles. The predicted molar refractivity (Wildman–Crippen MR) is 109 cm³/mol. The number of pyridine rings is 1. The second-order valence-corrected chi connectivity index (χ2v) is 6.65. The summed E-state index contributed by atoms with van der Waals surface area (Å²) < 4.78 is 10.6. The topological polar surface area (TPSA) is 60.5 Å². The Morgan fingerprint density at radius 3 is 2.32 bits per heavy atom. The summed E-state index contributed by atoms with van der Waals surface area (Å²) in [7, 11) is 3.12. The molecule has 0 bridgehead atoms. The zero-order chi connectivity index (χ0) is 20.1. The zero-order valence-corrected chi connectivity index (χ0v) is 16.5. The molecule has 0 aliphatic heterocycles. The number of benzene rings is 2. The van der Waals surface area contributed by atoms with Gasteiger partial charge in [-0.2, -0.15) is 0 Å². The Bertz CT molecular complexity index is 949. The van der Waals surface area contributed by atoms with Gasteiger partial charge in [0.2, 0.25) is 0 Å². The van der Waals surface area contributed by atoms with Crippen molar-refractivity contribution in [1.82, 2.24) is 10.3 Å². The monoisotopic (exact) mass is 376 g/mol. The summed E-state index contributed by atoms with van der Waals surface area (Å²) in [5, 5.41) is 3.15. The van der Waals surface area contributed by atoms with E-state index in [4.69, 9.17) is 9.47 Å². The molecule has 0 saturated heterocycles. The lowest BCUT2D eigenvalue weighted by atomic mass is 9.94. The number of methoxy groups -OCH3 is 2. The van der Waals surface area contributed by atoms with Crippen LogP contribution in [0.5, 0.6) is 11.5 Å². The van der Waals surface area contributed by atoms with Gasteiger partial charge in [-0.05, 0) is 48.7 Å². The smallest absolute Gasteiger partial charge is 0.252 e. The Labute approximate surface area is 165 Å². The molecule has 0 aliphatic carbocycles. The van der Waals surface area contributed by atoms with E-state index in [1.165, 1.54) is 0 Å². The van der Waals surface area contributed by atoms with Gasteiger partial charge < -0.3 is 14.8 Å².